The van der Waals surface area contributed by atoms with Crippen molar-refractivity contribution in [2.24, 2.45) is 5.73 Å². The predicted octanol–water partition coefficient (Wildman–Crippen LogP) is 1.67. The van der Waals surface area contributed by atoms with Gasteiger partial charge < -0.3 is 5.73 Å². The zero-order chi connectivity index (χ0) is 10.8. The van der Waals surface area contributed by atoms with Crippen molar-refractivity contribution in [3.8, 4) is 0 Å². The number of aromatic nitrogens is 2. The number of carbonyl (C=O) groups is 1. The summed E-state index contributed by atoms with van der Waals surface area (Å²) in [5.74, 6) is -0.310. The summed E-state index contributed by atoms with van der Waals surface area (Å²) in [7, 11) is 0. The summed E-state index contributed by atoms with van der Waals surface area (Å²) in [4.78, 5) is 10.6. The van der Waals surface area contributed by atoms with Gasteiger partial charge in [0.25, 0.3) is 0 Å². The molecule has 0 spiro atoms. The van der Waals surface area contributed by atoms with Gasteiger partial charge in [0.15, 0.2) is 0 Å². The maximum Gasteiger partial charge on any atom is 0.219 e. The monoisotopic (exact) mass is 267 g/mol. The van der Waals surface area contributed by atoms with E-state index in [0.29, 0.717) is 13.0 Å². The van der Waals surface area contributed by atoms with E-state index in [4.69, 9.17) is 5.73 Å². The Morgan fingerprint density at radius 1 is 1.53 bits per heavy atom. The first-order valence-corrected chi connectivity index (χ1v) is 5.35. The van der Waals surface area contributed by atoms with Crippen LogP contribution in [0.3, 0.4) is 0 Å². The molecular weight excluding hydrogens is 258 g/mol. The van der Waals surface area contributed by atoms with Gasteiger partial charge in [0, 0.05) is 29.0 Å². The van der Waals surface area contributed by atoms with Crippen LogP contribution in [0.1, 0.15) is 6.42 Å². The van der Waals surface area contributed by atoms with Crippen molar-refractivity contribution in [2.75, 3.05) is 0 Å². The third kappa shape index (κ3) is 2.36. The number of benzene rings is 1. The first-order chi connectivity index (χ1) is 7.15. The van der Waals surface area contributed by atoms with E-state index in [-0.39, 0.29) is 5.91 Å². The topological polar surface area (TPSA) is 60.9 Å². The molecule has 1 amide bonds. The van der Waals surface area contributed by atoms with Crippen LogP contribution in [0.5, 0.6) is 0 Å². The number of hydrogen-bond donors (Lipinski definition) is 1. The van der Waals surface area contributed by atoms with Crippen molar-refractivity contribution < 1.29 is 4.79 Å². The molecule has 1 aromatic heterocycles. The van der Waals surface area contributed by atoms with Crippen LogP contribution >= 0.6 is 15.9 Å². The Kier molecular flexibility index (Phi) is 2.73. The van der Waals surface area contributed by atoms with Crippen molar-refractivity contribution in [3.63, 3.8) is 0 Å². The van der Waals surface area contributed by atoms with Crippen LogP contribution < -0.4 is 5.73 Å². The Labute approximate surface area is 95.2 Å². The molecule has 1 heterocycles. The number of nitrogens with two attached hydrogens (primary N) is 1. The standard InChI is InChI=1S/C10H10BrN3O/c11-8-1-2-9-7(5-8)6-14(13-9)4-3-10(12)15/h1-2,5-6H,3-4H2,(H2,12,15). The van der Waals surface area contributed by atoms with Crippen LogP contribution in [0.2, 0.25) is 0 Å². The second-order valence-corrected chi connectivity index (χ2v) is 4.23. The van der Waals surface area contributed by atoms with E-state index in [1.54, 1.807) is 4.68 Å². The summed E-state index contributed by atoms with van der Waals surface area (Å²) in [6.45, 7) is 0.529. The average molecular weight is 268 g/mol. The molecule has 2 N–H and O–H groups in total. The maximum absolute atomic E-state index is 10.6. The van der Waals surface area contributed by atoms with E-state index in [0.717, 1.165) is 15.4 Å². The molecule has 15 heavy (non-hydrogen) atoms. The van der Waals surface area contributed by atoms with E-state index in [2.05, 4.69) is 21.0 Å². The summed E-state index contributed by atoms with van der Waals surface area (Å²) in [5, 5.41) is 5.36. The normalized spacial score (nSPS) is 10.7. The molecule has 4 nitrogen and oxygen atoms in total. The van der Waals surface area contributed by atoms with Crippen LogP contribution in [0, 0.1) is 0 Å². The van der Waals surface area contributed by atoms with Crippen LogP contribution in [0.15, 0.2) is 28.9 Å². The largest absolute Gasteiger partial charge is 0.370 e. The van der Waals surface area contributed by atoms with Gasteiger partial charge in [-0.3, -0.25) is 9.48 Å². The second kappa shape index (κ2) is 4.02. The van der Waals surface area contributed by atoms with Crippen molar-refractivity contribution in [3.05, 3.63) is 28.9 Å². The molecular formula is C10H10BrN3O. The van der Waals surface area contributed by atoms with E-state index >= 15 is 0 Å². The quantitative estimate of drug-likeness (QED) is 0.920. The lowest BCUT2D eigenvalue weighted by molar-refractivity contribution is -0.118. The van der Waals surface area contributed by atoms with Crippen LogP contribution in [-0.4, -0.2) is 15.7 Å². The molecule has 0 aliphatic carbocycles. The van der Waals surface area contributed by atoms with Gasteiger partial charge in [-0.15, -0.1) is 0 Å². The smallest absolute Gasteiger partial charge is 0.219 e. The minimum atomic E-state index is -0.310. The van der Waals surface area contributed by atoms with Gasteiger partial charge in [-0.2, -0.15) is 5.10 Å². The molecule has 1 aromatic carbocycles. The summed E-state index contributed by atoms with van der Waals surface area (Å²) in [5.41, 5.74) is 5.99. The molecule has 0 saturated carbocycles. The predicted molar refractivity (Wildman–Crippen MR) is 61.2 cm³/mol. The molecule has 0 radical (unpaired) electrons. The molecule has 2 rings (SSSR count). The highest BCUT2D eigenvalue weighted by atomic mass is 79.9. The SMILES string of the molecule is NC(=O)CCn1cc2cc(Br)ccc2n1. The van der Waals surface area contributed by atoms with Crippen molar-refractivity contribution >= 4 is 32.7 Å². The number of halogens is 1. The fourth-order valence-corrected chi connectivity index (χ4v) is 1.77. The highest BCUT2D eigenvalue weighted by Gasteiger charge is 2.02. The van der Waals surface area contributed by atoms with Gasteiger partial charge in [-0.1, -0.05) is 15.9 Å². The van der Waals surface area contributed by atoms with Gasteiger partial charge in [0.1, 0.15) is 0 Å². The molecule has 78 valence electrons. The molecule has 0 unspecified atom stereocenters. The minimum Gasteiger partial charge on any atom is -0.370 e. The highest BCUT2D eigenvalue weighted by Crippen LogP contribution is 2.18. The number of amides is 1. The third-order valence-corrected chi connectivity index (χ3v) is 2.59. The lowest BCUT2D eigenvalue weighted by atomic mass is 10.3. The number of carbonyl (C=O) groups excluding carboxylic acids is 1. The Bertz CT molecular complexity index is 506. The van der Waals surface area contributed by atoms with Gasteiger partial charge in [0.05, 0.1) is 5.52 Å². The van der Waals surface area contributed by atoms with E-state index in [1.165, 1.54) is 0 Å². The average Bonchev–Trinajstić information content (AvgIpc) is 2.56. The zero-order valence-electron chi connectivity index (χ0n) is 7.98. The number of rotatable bonds is 3. The maximum atomic E-state index is 10.6. The Morgan fingerprint density at radius 3 is 3.07 bits per heavy atom. The molecule has 2 aromatic rings. The van der Waals surface area contributed by atoms with Gasteiger partial charge in [-0.05, 0) is 18.2 Å². The number of fused-ring (bicyclic) bond motifs is 1. The Balaban J connectivity index is 2.27. The molecule has 0 aliphatic rings. The molecule has 0 bridgehead atoms. The molecule has 0 fully saturated rings. The van der Waals surface area contributed by atoms with E-state index in [1.807, 2.05) is 24.4 Å². The Hall–Kier alpha value is -1.36. The lowest BCUT2D eigenvalue weighted by Gasteiger charge is -1.95. The molecule has 5 heteroatoms. The lowest BCUT2D eigenvalue weighted by Crippen LogP contribution is -2.14. The number of hydrogen-bond acceptors (Lipinski definition) is 2. The molecule has 0 aliphatic heterocycles. The third-order valence-electron chi connectivity index (χ3n) is 2.10. The molecule has 0 saturated heterocycles. The first kappa shape index (κ1) is 10.2. The van der Waals surface area contributed by atoms with Crippen LogP contribution in [-0.2, 0) is 11.3 Å². The van der Waals surface area contributed by atoms with Gasteiger partial charge in [0.2, 0.25) is 5.91 Å². The Morgan fingerprint density at radius 2 is 2.33 bits per heavy atom. The van der Waals surface area contributed by atoms with Crippen molar-refractivity contribution in [1.82, 2.24) is 9.78 Å². The fourth-order valence-electron chi connectivity index (χ4n) is 1.39. The summed E-state index contributed by atoms with van der Waals surface area (Å²) in [6, 6.07) is 5.86. The molecule has 0 atom stereocenters. The van der Waals surface area contributed by atoms with Crippen molar-refractivity contribution in [1.29, 1.82) is 0 Å². The van der Waals surface area contributed by atoms with E-state index < -0.39 is 0 Å². The number of aryl methyl sites for hydroxylation is 1. The summed E-state index contributed by atoms with van der Waals surface area (Å²) < 4.78 is 2.76. The first-order valence-electron chi connectivity index (χ1n) is 4.56. The van der Waals surface area contributed by atoms with E-state index in [9.17, 15) is 4.79 Å². The fraction of sp³-hybridized carbons (Fsp3) is 0.200. The zero-order valence-corrected chi connectivity index (χ0v) is 9.57. The van der Waals surface area contributed by atoms with Gasteiger partial charge >= 0.3 is 0 Å². The second-order valence-electron chi connectivity index (χ2n) is 3.31. The number of nitrogens with zero attached hydrogens (tertiary/aromatic N) is 2. The van der Waals surface area contributed by atoms with Crippen LogP contribution in [0.25, 0.3) is 10.9 Å². The van der Waals surface area contributed by atoms with Gasteiger partial charge in [-0.25, -0.2) is 0 Å². The highest BCUT2D eigenvalue weighted by molar-refractivity contribution is 9.10. The van der Waals surface area contributed by atoms with Crippen molar-refractivity contribution in [2.45, 2.75) is 13.0 Å². The minimum absolute atomic E-state index is 0.310. The summed E-state index contributed by atoms with van der Waals surface area (Å²) >= 11 is 3.39. The van der Waals surface area contributed by atoms with Crippen LogP contribution in [0.4, 0.5) is 0 Å². The summed E-state index contributed by atoms with van der Waals surface area (Å²) in [6.07, 6.45) is 2.22. The number of primary amides is 1.